The first-order valence-electron chi connectivity index (χ1n) is 7.17. The number of thioether (sulfide) groups is 1. The van der Waals surface area contributed by atoms with Gasteiger partial charge in [0.1, 0.15) is 0 Å². The van der Waals surface area contributed by atoms with Crippen molar-refractivity contribution >= 4 is 29.1 Å². The molecule has 0 bridgehead atoms. The van der Waals surface area contributed by atoms with Crippen molar-refractivity contribution in [3.05, 3.63) is 65.7 Å². The monoisotopic (exact) mass is 313 g/mol. The molecule has 0 spiro atoms. The van der Waals surface area contributed by atoms with Gasteiger partial charge >= 0.3 is 0 Å². The number of hydrogen-bond acceptors (Lipinski definition) is 3. The highest BCUT2D eigenvalue weighted by Gasteiger charge is 2.04. The van der Waals surface area contributed by atoms with Crippen molar-refractivity contribution in [3.63, 3.8) is 0 Å². The second kappa shape index (κ2) is 8.39. The number of anilines is 1. The molecule has 1 amide bonds. The van der Waals surface area contributed by atoms with Crippen molar-refractivity contribution in [2.45, 2.75) is 19.1 Å². The molecule has 0 aliphatic carbocycles. The summed E-state index contributed by atoms with van der Waals surface area (Å²) in [4.78, 5) is 23.0. The van der Waals surface area contributed by atoms with Crippen molar-refractivity contribution < 1.29 is 9.59 Å². The molecule has 4 heteroatoms. The van der Waals surface area contributed by atoms with Crippen molar-refractivity contribution in [1.29, 1.82) is 0 Å². The Bertz CT molecular complexity index is 623. The molecule has 1 N–H and O–H groups in total. The number of benzene rings is 2. The van der Waals surface area contributed by atoms with Gasteiger partial charge in [-0.25, -0.2) is 0 Å². The number of carbonyl (C=O) groups excluding carboxylic acids is 2. The molecule has 0 saturated heterocycles. The van der Waals surface area contributed by atoms with Gasteiger partial charge in [0, 0.05) is 29.2 Å². The minimum atomic E-state index is -0.00358. The molecule has 0 aliphatic heterocycles. The van der Waals surface area contributed by atoms with Crippen molar-refractivity contribution in [3.8, 4) is 0 Å². The summed E-state index contributed by atoms with van der Waals surface area (Å²) in [7, 11) is 0. The molecule has 0 aromatic heterocycles. The Morgan fingerprint density at radius 3 is 2.32 bits per heavy atom. The molecular weight excluding hydrogens is 294 g/mol. The van der Waals surface area contributed by atoms with Crippen molar-refractivity contribution in [1.82, 2.24) is 0 Å². The van der Waals surface area contributed by atoms with Gasteiger partial charge < -0.3 is 5.32 Å². The quantitative estimate of drug-likeness (QED) is 0.617. The van der Waals surface area contributed by atoms with Crippen LogP contribution < -0.4 is 5.32 Å². The number of nitrogens with one attached hydrogen (secondary N) is 1. The highest BCUT2D eigenvalue weighted by molar-refractivity contribution is 7.98. The topological polar surface area (TPSA) is 46.2 Å². The zero-order valence-corrected chi connectivity index (χ0v) is 13.4. The highest BCUT2D eigenvalue weighted by Crippen LogP contribution is 2.14. The van der Waals surface area contributed by atoms with E-state index in [2.05, 4.69) is 17.4 Å². The maximum atomic E-state index is 11.9. The summed E-state index contributed by atoms with van der Waals surface area (Å²) in [5.74, 6) is 1.72. The third-order valence-electron chi connectivity index (χ3n) is 3.16. The molecule has 2 aromatic rings. The van der Waals surface area contributed by atoms with Gasteiger partial charge in [0.25, 0.3) is 0 Å². The molecule has 0 aliphatic rings. The van der Waals surface area contributed by atoms with Gasteiger partial charge in [-0.2, -0.15) is 11.8 Å². The van der Waals surface area contributed by atoms with E-state index in [1.165, 1.54) is 12.5 Å². The average molecular weight is 313 g/mol. The van der Waals surface area contributed by atoms with E-state index in [-0.39, 0.29) is 11.7 Å². The third kappa shape index (κ3) is 5.37. The Balaban J connectivity index is 1.70. The lowest BCUT2D eigenvalue weighted by Crippen LogP contribution is -2.12. The minimum Gasteiger partial charge on any atom is -0.326 e. The Morgan fingerprint density at radius 2 is 1.68 bits per heavy atom. The van der Waals surface area contributed by atoms with Crippen LogP contribution in [0.5, 0.6) is 0 Å². The van der Waals surface area contributed by atoms with E-state index < -0.39 is 0 Å². The summed E-state index contributed by atoms with van der Waals surface area (Å²) in [5.41, 5.74) is 2.65. The van der Waals surface area contributed by atoms with Gasteiger partial charge in [-0.3, -0.25) is 9.59 Å². The predicted octanol–water partition coefficient (Wildman–Crippen LogP) is 4.15. The number of Topliss-reactive ketones (excluding diaryl/α,β-unsaturated/α-hetero) is 1. The van der Waals surface area contributed by atoms with Gasteiger partial charge in [0.15, 0.2) is 5.78 Å². The second-order valence-electron chi connectivity index (χ2n) is 4.97. The zero-order chi connectivity index (χ0) is 15.8. The third-order valence-corrected chi connectivity index (χ3v) is 4.19. The number of ketones is 1. The lowest BCUT2D eigenvalue weighted by Gasteiger charge is -2.06. The van der Waals surface area contributed by atoms with Crippen LogP contribution in [0.2, 0.25) is 0 Å². The van der Waals surface area contributed by atoms with E-state index in [4.69, 9.17) is 0 Å². The molecular formula is C18H19NO2S. The smallest absolute Gasteiger partial charge is 0.225 e. The average Bonchev–Trinajstić information content (AvgIpc) is 2.53. The van der Waals surface area contributed by atoms with Gasteiger partial charge in [-0.1, -0.05) is 30.3 Å². The summed E-state index contributed by atoms with van der Waals surface area (Å²) < 4.78 is 0. The Kier molecular flexibility index (Phi) is 6.22. The van der Waals surface area contributed by atoms with Crippen LogP contribution in [0.15, 0.2) is 54.6 Å². The van der Waals surface area contributed by atoms with Crippen LogP contribution in [-0.2, 0) is 10.5 Å². The van der Waals surface area contributed by atoms with Crippen LogP contribution in [0.4, 0.5) is 5.69 Å². The van der Waals surface area contributed by atoms with Gasteiger partial charge in [0.05, 0.1) is 0 Å². The summed E-state index contributed by atoms with van der Waals surface area (Å²) in [6, 6.07) is 17.2. The van der Waals surface area contributed by atoms with E-state index >= 15 is 0 Å². The van der Waals surface area contributed by atoms with Crippen LogP contribution >= 0.6 is 11.8 Å². The van der Waals surface area contributed by atoms with Gasteiger partial charge in [0.2, 0.25) is 5.91 Å². The molecule has 22 heavy (non-hydrogen) atoms. The molecule has 0 heterocycles. The first kappa shape index (κ1) is 16.3. The fourth-order valence-corrected chi connectivity index (χ4v) is 2.84. The molecule has 2 rings (SSSR count). The Labute approximate surface area is 135 Å². The largest absolute Gasteiger partial charge is 0.326 e. The summed E-state index contributed by atoms with van der Waals surface area (Å²) in [6.07, 6.45) is 0.478. The summed E-state index contributed by atoms with van der Waals surface area (Å²) in [6.45, 7) is 1.53. The van der Waals surface area contributed by atoms with E-state index in [1.807, 2.05) is 18.2 Å². The number of rotatable bonds is 7. The lowest BCUT2D eigenvalue weighted by atomic mass is 10.1. The molecule has 0 saturated carbocycles. The van der Waals surface area contributed by atoms with E-state index in [1.54, 1.807) is 36.0 Å². The van der Waals surface area contributed by atoms with Crippen LogP contribution in [0.3, 0.4) is 0 Å². The number of carbonyl (C=O) groups is 2. The van der Waals surface area contributed by atoms with Crippen LogP contribution in [0.1, 0.15) is 29.3 Å². The van der Waals surface area contributed by atoms with Crippen molar-refractivity contribution in [2.75, 3.05) is 11.1 Å². The van der Waals surface area contributed by atoms with E-state index in [0.717, 1.165) is 17.2 Å². The molecule has 0 fully saturated rings. The molecule has 0 atom stereocenters. The van der Waals surface area contributed by atoms with Crippen LogP contribution in [-0.4, -0.2) is 17.4 Å². The fraction of sp³-hybridized carbons (Fsp3) is 0.222. The first-order chi connectivity index (χ1) is 10.6. The lowest BCUT2D eigenvalue weighted by molar-refractivity contribution is -0.115. The highest BCUT2D eigenvalue weighted by atomic mass is 32.2. The van der Waals surface area contributed by atoms with Crippen LogP contribution in [0.25, 0.3) is 0 Å². The van der Waals surface area contributed by atoms with E-state index in [9.17, 15) is 9.59 Å². The fourth-order valence-electron chi connectivity index (χ4n) is 1.94. The minimum absolute atomic E-state index is 0.00358. The molecule has 0 unspecified atom stereocenters. The zero-order valence-electron chi connectivity index (χ0n) is 12.5. The first-order valence-corrected chi connectivity index (χ1v) is 8.33. The standard InChI is InChI=1S/C18H19NO2S/c1-14(20)16-7-9-17(10-8-16)19-18(21)11-12-22-13-15-5-3-2-4-6-15/h2-10H,11-13H2,1H3,(H,19,21). The Morgan fingerprint density at radius 1 is 1.00 bits per heavy atom. The van der Waals surface area contributed by atoms with Gasteiger partial charge in [-0.15, -0.1) is 0 Å². The molecule has 2 aromatic carbocycles. The van der Waals surface area contributed by atoms with Crippen LogP contribution in [0, 0.1) is 0 Å². The normalized spacial score (nSPS) is 10.2. The van der Waals surface area contributed by atoms with E-state index in [0.29, 0.717) is 12.0 Å². The molecule has 3 nitrogen and oxygen atoms in total. The van der Waals surface area contributed by atoms with Crippen molar-refractivity contribution in [2.24, 2.45) is 0 Å². The maximum absolute atomic E-state index is 11.9. The predicted molar refractivity (Wildman–Crippen MR) is 92.3 cm³/mol. The second-order valence-corrected chi connectivity index (χ2v) is 6.08. The molecule has 0 radical (unpaired) electrons. The maximum Gasteiger partial charge on any atom is 0.225 e. The number of hydrogen-bond donors (Lipinski definition) is 1. The Hall–Kier alpha value is -2.07. The van der Waals surface area contributed by atoms with Gasteiger partial charge in [-0.05, 0) is 36.8 Å². The molecule has 114 valence electrons. The SMILES string of the molecule is CC(=O)c1ccc(NC(=O)CCSCc2ccccc2)cc1. The summed E-state index contributed by atoms with van der Waals surface area (Å²) >= 11 is 1.75. The number of amides is 1. The summed E-state index contributed by atoms with van der Waals surface area (Å²) in [5, 5.41) is 2.84.